The minimum absolute atomic E-state index is 0.807. The average Bonchev–Trinajstić information content (AvgIpc) is 2.66. The smallest absolute Gasteiger partial charge is 0.0569 e. The molecule has 0 aliphatic heterocycles. The molecule has 0 nitrogen and oxygen atoms in total. The van der Waals surface area contributed by atoms with E-state index in [-0.39, 0.29) is 0 Å². The number of hydrogen-bond donors (Lipinski definition) is 0. The Morgan fingerprint density at radius 1 is 0.423 bits per heavy atom. The fraction of sp³-hybridized carbons (Fsp3) is 1.00. The molecule has 0 rings (SSSR count). The summed E-state index contributed by atoms with van der Waals surface area (Å²) in [7, 11) is 2.15. The zero-order chi connectivity index (χ0) is 19.0. The third-order valence-corrected chi connectivity index (χ3v) is 9.75. The molecule has 0 saturated carbocycles. The Kier molecular flexibility index (Phi) is 26.7. The van der Waals surface area contributed by atoms with Crippen molar-refractivity contribution in [2.75, 3.05) is 12.3 Å². The maximum atomic E-state index is 2.31. The fourth-order valence-corrected chi connectivity index (χ4v) is 7.46. The zero-order valence-electron chi connectivity index (χ0n) is 18.6. The molecule has 0 N–H and O–H groups in total. The predicted octanol–water partition coefficient (Wildman–Crippen LogP) is 9.83. The standard InChI is InChI=1S/C24H52P2/c1-3-5-7-9-11-13-15-17-19-21-23-25-26-24-22-20-18-16-14-12-10-8-6-4-2/h25-26H,3-24H2,1-2H3/p+1. The van der Waals surface area contributed by atoms with Crippen LogP contribution in [0.4, 0.5) is 0 Å². The molecule has 0 radical (unpaired) electrons. The van der Waals surface area contributed by atoms with E-state index in [4.69, 9.17) is 0 Å². The molecule has 0 aromatic rings. The molecule has 0 spiro atoms. The number of hydrogen-bond acceptors (Lipinski definition) is 0. The van der Waals surface area contributed by atoms with Crippen molar-refractivity contribution in [3.8, 4) is 0 Å². The lowest BCUT2D eigenvalue weighted by atomic mass is 10.1. The van der Waals surface area contributed by atoms with Gasteiger partial charge in [-0.15, -0.1) is 0 Å². The van der Waals surface area contributed by atoms with Gasteiger partial charge in [-0.25, -0.2) is 0 Å². The molecule has 0 amide bonds. The van der Waals surface area contributed by atoms with Crippen molar-refractivity contribution in [1.82, 2.24) is 0 Å². The molecular formula is C24H53P2+. The molecule has 0 aliphatic carbocycles. The van der Waals surface area contributed by atoms with Crippen LogP contribution in [0.15, 0.2) is 0 Å². The molecule has 0 aromatic carbocycles. The van der Waals surface area contributed by atoms with E-state index >= 15 is 0 Å². The Hall–Kier alpha value is 0.860. The highest BCUT2D eigenvalue weighted by Gasteiger charge is 1.98. The van der Waals surface area contributed by atoms with E-state index in [0.717, 1.165) is 8.27 Å². The van der Waals surface area contributed by atoms with E-state index in [2.05, 4.69) is 13.8 Å². The summed E-state index contributed by atoms with van der Waals surface area (Å²) in [5.41, 5.74) is 0. The summed E-state index contributed by atoms with van der Waals surface area (Å²) in [4.78, 5) is 0. The topological polar surface area (TPSA) is 0 Å². The largest absolute Gasteiger partial charge is 0.0654 e. The van der Waals surface area contributed by atoms with Crippen molar-refractivity contribution in [2.24, 2.45) is 0 Å². The predicted molar refractivity (Wildman–Crippen MR) is 131 cm³/mol. The Morgan fingerprint density at radius 3 is 1.19 bits per heavy atom. The SMILES string of the molecule is CCCCCCCCCCCCP[PH2+]CCCCCCCCCCCC. The number of rotatable bonds is 23. The van der Waals surface area contributed by atoms with Crippen molar-refractivity contribution >= 4 is 16.5 Å². The van der Waals surface area contributed by atoms with Gasteiger partial charge in [0.1, 0.15) is 0 Å². The highest BCUT2D eigenvalue weighted by atomic mass is 32.0. The lowest BCUT2D eigenvalue weighted by Crippen LogP contribution is -1.83. The molecule has 0 bridgehead atoms. The van der Waals surface area contributed by atoms with E-state index in [9.17, 15) is 0 Å². The highest BCUT2D eigenvalue weighted by molar-refractivity contribution is 8.11. The van der Waals surface area contributed by atoms with Gasteiger partial charge >= 0.3 is 0 Å². The lowest BCUT2D eigenvalue weighted by molar-refractivity contribution is 0.563. The van der Waals surface area contributed by atoms with Gasteiger partial charge in [-0.05, 0) is 25.4 Å². The van der Waals surface area contributed by atoms with Crippen LogP contribution < -0.4 is 0 Å². The molecule has 0 saturated heterocycles. The summed E-state index contributed by atoms with van der Waals surface area (Å²) < 4.78 is 0. The van der Waals surface area contributed by atoms with E-state index < -0.39 is 0 Å². The number of unbranched alkanes of at least 4 members (excludes halogenated alkanes) is 18. The second kappa shape index (κ2) is 25.9. The van der Waals surface area contributed by atoms with Crippen LogP contribution in [0.5, 0.6) is 0 Å². The van der Waals surface area contributed by atoms with Crippen molar-refractivity contribution in [3.63, 3.8) is 0 Å². The van der Waals surface area contributed by atoms with Gasteiger partial charge in [0.2, 0.25) is 0 Å². The first kappa shape index (κ1) is 26.9. The van der Waals surface area contributed by atoms with Gasteiger partial charge < -0.3 is 0 Å². The van der Waals surface area contributed by atoms with Crippen LogP contribution in [0, 0.1) is 0 Å². The van der Waals surface area contributed by atoms with Crippen LogP contribution in [-0.2, 0) is 0 Å². The maximum absolute atomic E-state index is 2.31. The third-order valence-electron chi connectivity index (χ3n) is 5.52. The van der Waals surface area contributed by atoms with Crippen LogP contribution in [-0.4, -0.2) is 12.3 Å². The van der Waals surface area contributed by atoms with Crippen LogP contribution in [0.3, 0.4) is 0 Å². The molecule has 158 valence electrons. The van der Waals surface area contributed by atoms with Gasteiger partial charge in [-0.3, -0.25) is 0 Å². The van der Waals surface area contributed by atoms with Crippen molar-refractivity contribution < 1.29 is 0 Å². The van der Waals surface area contributed by atoms with Crippen LogP contribution >= 0.6 is 16.5 Å². The van der Waals surface area contributed by atoms with Gasteiger partial charge in [0.15, 0.2) is 0 Å². The van der Waals surface area contributed by atoms with Crippen LogP contribution in [0.2, 0.25) is 0 Å². The summed E-state index contributed by atoms with van der Waals surface area (Å²) in [6.45, 7) is 4.61. The lowest BCUT2D eigenvalue weighted by Gasteiger charge is -2.02. The summed E-state index contributed by atoms with van der Waals surface area (Å²) in [5, 5.41) is 0. The van der Waals surface area contributed by atoms with E-state index in [0.29, 0.717) is 0 Å². The Balaban J connectivity index is 2.95. The average molecular weight is 404 g/mol. The molecule has 2 unspecified atom stereocenters. The normalized spacial score (nSPS) is 12.2. The third kappa shape index (κ3) is 24.9. The molecule has 2 heteroatoms. The maximum Gasteiger partial charge on any atom is 0.0569 e. The van der Waals surface area contributed by atoms with E-state index in [1.807, 2.05) is 0 Å². The summed E-state index contributed by atoms with van der Waals surface area (Å²) in [6.07, 6.45) is 32.8. The first-order valence-electron chi connectivity index (χ1n) is 12.5. The quantitative estimate of drug-likeness (QED) is 0.118. The summed E-state index contributed by atoms with van der Waals surface area (Å²) in [5.74, 6) is 0. The highest BCUT2D eigenvalue weighted by Crippen LogP contribution is 2.38. The molecule has 2 atom stereocenters. The van der Waals surface area contributed by atoms with E-state index in [1.54, 1.807) is 12.3 Å². The monoisotopic (exact) mass is 403 g/mol. The van der Waals surface area contributed by atoms with Crippen molar-refractivity contribution in [2.45, 2.75) is 142 Å². The van der Waals surface area contributed by atoms with Crippen LogP contribution in [0.25, 0.3) is 0 Å². The first-order chi connectivity index (χ1) is 12.9. The minimum Gasteiger partial charge on any atom is -0.0654 e. The molecule has 0 aliphatic rings. The minimum atomic E-state index is 0.807. The molecule has 0 aromatic heterocycles. The van der Waals surface area contributed by atoms with Crippen molar-refractivity contribution in [1.29, 1.82) is 0 Å². The Bertz CT molecular complexity index is 206. The summed E-state index contributed by atoms with van der Waals surface area (Å²) in [6, 6.07) is 0. The second-order valence-corrected chi connectivity index (χ2v) is 12.7. The van der Waals surface area contributed by atoms with Crippen LogP contribution in [0.1, 0.15) is 142 Å². The second-order valence-electron chi connectivity index (χ2n) is 8.31. The molecule has 0 heterocycles. The first-order valence-corrected chi connectivity index (χ1v) is 16.3. The zero-order valence-corrected chi connectivity index (χ0v) is 20.8. The van der Waals surface area contributed by atoms with Crippen molar-refractivity contribution in [3.05, 3.63) is 0 Å². The van der Waals surface area contributed by atoms with E-state index in [1.165, 1.54) is 137 Å². The molecule has 26 heavy (non-hydrogen) atoms. The summed E-state index contributed by atoms with van der Waals surface area (Å²) >= 11 is 0. The van der Waals surface area contributed by atoms with Gasteiger partial charge in [-0.2, -0.15) is 0 Å². The molecule has 0 fully saturated rings. The Morgan fingerprint density at radius 2 is 0.769 bits per heavy atom. The van der Waals surface area contributed by atoms with Gasteiger partial charge in [0.05, 0.1) is 6.16 Å². The van der Waals surface area contributed by atoms with Gasteiger partial charge in [-0.1, -0.05) is 123 Å². The van der Waals surface area contributed by atoms with Gasteiger partial charge in [0, 0.05) is 16.5 Å². The fourth-order valence-electron chi connectivity index (χ4n) is 3.65. The molecular weight excluding hydrogens is 350 g/mol. The Labute approximate surface area is 171 Å². The van der Waals surface area contributed by atoms with Gasteiger partial charge in [0.25, 0.3) is 0 Å².